The van der Waals surface area contributed by atoms with Crippen LogP contribution < -0.4 is 4.74 Å². The van der Waals surface area contributed by atoms with Gasteiger partial charge >= 0.3 is 0 Å². The fourth-order valence-electron chi connectivity index (χ4n) is 1.28. The SMILES string of the molecule is CC#CCCOc1ccc([N+](=O)[O-])cc1CO. The van der Waals surface area contributed by atoms with Crippen molar-refractivity contribution >= 4 is 5.69 Å². The molecule has 5 heteroatoms. The number of nitrogens with zero attached hydrogens (tertiary/aromatic N) is 1. The summed E-state index contributed by atoms with van der Waals surface area (Å²) in [6, 6.07) is 4.14. The predicted octanol–water partition coefficient (Wildman–Crippen LogP) is 1.88. The van der Waals surface area contributed by atoms with Crippen LogP contribution in [0.1, 0.15) is 18.9 Å². The Morgan fingerprint density at radius 1 is 1.53 bits per heavy atom. The highest BCUT2D eigenvalue weighted by molar-refractivity contribution is 5.43. The minimum Gasteiger partial charge on any atom is -0.492 e. The lowest BCUT2D eigenvalue weighted by Crippen LogP contribution is -2.00. The second-order valence-electron chi connectivity index (χ2n) is 3.23. The summed E-state index contributed by atoms with van der Waals surface area (Å²) in [5.74, 6) is 6.03. The maximum absolute atomic E-state index is 10.5. The molecule has 1 N–H and O–H groups in total. The van der Waals surface area contributed by atoms with E-state index in [1.165, 1.54) is 18.2 Å². The topological polar surface area (TPSA) is 72.6 Å². The lowest BCUT2D eigenvalue weighted by atomic mass is 10.2. The molecule has 0 unspecified atom stereocenters. The fourth-order valence-corrected chi connectivity index (χ4v) is 1.28. The Hall–Kier alpha value is -2.06. The summed E-state index contributed by atoms with van der Waals surface area (Å²) in [7, 11) is 0. The highest BCUT2D eigenvalue weighted by atomic mass is 16.6. The van der Waals surface area contributed by atoms with E-state index in [0.717, 1.165) is 0 Å². The molecule has 0 spiro atoms. The van der Waals surface area contributed by atoms with Gasteiger partial charge < -0.3 is 9.84 Å². The van der Waals surface area contributed by atoms with Crippen molar-refractivity contribution in [2.24, 2.45) is 0 Å². The van der Waals surface area contributed by atoms with E-state index in [0.29, 0.717) is 24.3 Å². The summed E-state index contributed by atoms with van der Waals surface area (Å²) in [5, 5.41) is 19.6. The fraction of sp³-hybridized carbons (Fsp3) is 0.333. The van der Waals surface area contributed by atoms with Crippen LogP contribution in [0.2, 0.25) is 0 Å². The number of nitro benzene ring substituents is 1. The number of aliphatic hydroxyl groups is 1. The van der Waals surface area contributed by atoms with Gasteiger partial charge in [0.1, 0.15) is 5.75 Å². The van der Waals surface area contributed by atoms with Crippen LogP contribution in [-0.4, -0.2) is 16.6 Å². The lowest BCUT2D eigenvalue weighted by Gasteiger charge is -2.08. The minimum absolute atomic E-state index is 0.0604. The summed E-state index contributed by atoms with van der Waals surface area (Å²) < 4.78 is 5.38. The average Bonchev–Trinajstić information content (AvgIpc) is 2.34. The Kier molecular flexibility index (Phi) is 4.98. The summed E-state index contributed by atoms with van der Waals surface area (Å²) >= 11 is 0. The van der Waals surface area contributed by atoms with Crippen LogP contribution in [0, 0.1) is 22.0 Å². The zero-order valence-corrected chi connectivity index (χ0v) is 9.47. The number of hydrogen-bond donors (Lipinski definition) is 1. The van der Waals surface area contributed by atoms with Crippen LogP contribution in [-0.2, 0) is 6.61 Å². The Morgan fingerprint density at radius 2 is 2.29 bits per heavy atom. The summed E-state index contributed by atoms with van der Waals surface area (Å²) in [6.07, 6.45) is 0.582. The highest BCUT2D eigenvalue weighted by Gasteiger charge is 2.10. The molecule has 0 aliphatic heterocycles. The van der Waals surface area contributed by atoms with Crippen molar-refractivity contribution in [3.63, 3.8) is 0 Å². The minimum atomic E-state index is -0.508. The quantitative estimate of drug-likeness (QED) is 0.366. The van der Waals surface area contributed by atoms with Gasteiger partial charge in [-0.25, -0.2) is 0 Å². The molecule has 0 aliphatic carbocycles. The first-order valence-corrected chi connectivity index (χ1v) is 5.09. The Labute approximate surface area is 99.2 Å². The van der Waals surface area contributed by atoms with Gasteiger partial charge in [-0.2, -0.15) is 0 Å². The number of ether oxygens (including phenoxy) is 1. The molecule has 0 radical (unpaired) electrons. The smallest absolute Gasteiger partial charge is 0.270 e. The van der Waals surface area contributed by atoms with Crippen LogP contribution in [0.25, 0.3) is 0 Å². The first-order chi connectivity index (χ1) is 8.19. The van der Waals surface area contributed by atoms with Gasteiger partial charge in [-0.1, -0.05) is 0 Å². The monoisotopic (exact) mass is 235 g/mol. The number of aliphatic hydroxyl groups excluding tert-OH is 1. The van der Waals surface area contributed by atoms with Crippen LogP contribution in [0.4, 0.5) is 5.69 Å². The first kappa shape index (κ1) is 13.0. The maximum atomic E-state index is 10.5. The summed E-state index contributed by atoms with van der Waals surface area (Å²) in [5.41, 5.74) is 0.346. The Morgan fingerprint density at radius 3 is 2.88 bits per heavy atom. The molecule has 17 heavy (non-hydrogen) atoms. The van der Waals surface area contributed by atoms with E-state index in [2.05, 4.69) is 11.8 Å². The van der Waals surface area contributed by atoms with Crippen molar-refractivity contribution in [1.29, 1.82) is 0 Å². The molecule has 0 aromatic heterocycles. The third-order valence-corrected chi connectivity index (χ3v) is 2.09. The molecular formula is C12H13NO4. The predicted molar refractivity (Wildman–Crippen MR) is 62.6 cm³/mol. The first-order valence-electron chi connectivity index (χ1n) is 5.09. The molecule has 0 bridgehead atoms. The van der Waals surface area contributed by atoms with Crippen molar-refractivity contribution in [2.45, 2.75) is 20.0 Å². The molecule has 0 fully saturated rings. The van der Waals surface area contributed by atoms with Gasteiger partial charge in [-0.15, -0.1) is 11.8 Å². The van der Waals surface area contributed by atoms with Gasteiger partial charge in [0, 0.05) is 24.1 Å². The van der Waals surface area contributed by atoms with Crippen LogP contribution in [0.5, 0.6) is 5.75 Å². The average molecular weight is 235 g/mol. The van der Waals surface area contributed by atoms with E-state index in [9.17, 15) is 10.1 Å². The van der Waals surface area contributed by atoms with Gasteiger partial charge in [-0.05, 0) is 13.0 Å². The normalized spacial score (nSPS) is 9.29. The standard InChI is InChI=1S/C12H13NO4/c1-2-3-4-7-17-12-6-5-11(13(15)16)8-10(12)9-14/h5-6,8,14H,4,7,9H2,1H3. The summed E-state index contributed by atoms with van der Waals surface area (Å²) in [6.45, 7) is 1.84. The van der Waals surface area contributed by atoms with Crippen molar-refractivity contribution < 1.29 is 14.8 Å². The number of hydrogen-bond acceptors (Lipinski definition) is 4. The molecule has 0 amide bonds. The summed E-state index contributed by atoms with van der Waals surface area (Å²) in [4.78, 5) is 10.0. The molecule has 0 heterocycles. The molecule has 0 aliphatic rings. The second kappa shape index (κ2) is 6.51. The third-order valence-electron chi connectivity index (χ3n) is 2.09. The van der Waals surface area contributed by atoms with Gasteiger partial charge in [0.05, 0.1) is 18.1 Å². The number of rotatable bonds is 5. The van der Waals surface area contributed by atoms with E-state index in [4.69, 9.17) is 9.84 Å². The van der Waals surface area contributed by atoms with Gasteiger partial charge in [-0.3, -0.25) is 10.1 Å². The van der Waals surface area contributed by atoms with E-state index >= 15 is 0 Å². The van der Waals surface area contributed by atoms with E-state index in [1.807, 2.05) is 0 Å². The van der Waals surface area contributed by atoms with Crippen molar-refractivity contribution in [1.82, 2.24) is 0 Å². The van der Waals surface area contributed by atoms with Crippen molar-refractivity contribution in [3.8, 4) is 17.6 Å². The molecule has 0 atom stereocenters. The van der Waals surface area contributed by atoms with Gasteiger partial charge in [0.15, 0.2) is 0 Å². The third kappa shape index (κ3) is 3.78. The van der Waals surface area contributed by atoms with Gasteiger partial charge in [0.25, 0.3) is 5.69 Å². The van der Waals surface area contributed by atoms with Crippen molar-refractivity contribution in [2.75, 3.05) is 6.61 Å². The molecular weight excluding hydrogens is 222 g/mol. The maximum Gasteiger partial charge on any atom is 0.270 e. The number of benzene rings is 1. The van der Waals surface area contributed by atoms with Crippen LogP contribution in [0.3, 0.4) is 0 Å². The number of non-ortho nitro benzene ring substituents is 1. The zero-order chi connectivity index (χ0) is 12.7. The molecule has 90 valence electrons. The molecule has 0 saturated heterocycles. The largest absolute Gasteiger partial charge is 0.492 e. The molecule has 1 aromatic carbocycles. The van der Waals surface area contributed by atoms with Crippen LogP contribution in [0.15, 0.2) is 18.2 Å². The van der Waals surface area contributed by atoms with E-state index in [1.54, 1.807) is 6.92 Å². The molecule has 1 aromatic rings. The lowest BCUT2D eigenvalue weighted by molar-refractivity contribution is -0.385. The molecule has 0 saturated carbocycles. The van der Waals surface area contributed by atoms with Crippen molar-refractivity contribution in [3.05, 3.63) is 33.9 Å². The Bertz CT molecular complexity index is 459. The molecule has 5 nitrogen and oxygen atoms in total. The second-order valence-corrected chi connectivity index (χ2v) is 3.23. The van der Waals surface area contributed by atoms with E-state index in [-0.39, 0.29) is 12.3 Å². The zero-order valence-electron chi connectivity index (χ0n) is 9.47. The molecule has 1 rings (SSSR count). The van der Waals surface area contributed by atoms with E-state index < -0.39 is 4.92 Å². The Balaban J connectivity index is 2.77. The van der Waals surface area contributed by atoms with Gasteiger partial charge in [0.2, 0.25) is 0 Å². The highest BCUT2D eigenvalue weighted by Crippen LogP contribution is 2.24. The van der Waals surface area contributed by atoms with Crippen LogP contribution >= 0.6 is 0 Å². The number of nitro groups is 1.